The van der Waals surface area contributed by atoms with Crippen molar-refractivity contribution in [3.8, 4) is 0 Å². The van der Waals surface area contributed by atoms with Crippen molar-refractivity contribution in [3.63, 3.8) is 0 Å². The molecule has 0 saturated heterocycles. The first-order valence-corrected chi connectivity index (χ1v) is 5.36. The first kappa shape index (κ1) is 10.4. The topological polar surface area (TPSA) is 26.0 Å². The van der Waals surface area contributed by atoms with Crippen LogP contribution in [0.3, 0.4) is 0 Å². The van der Waals surface area contributed by atoms with Crippen LogP contribution in [0.25, 0.3) is 0 Å². The monoisotopic (exact) mass is 193 g/mol. The number of hydrogen-bond acceptors (Lipinski definition) is 2. The third kappa shape index (κ3) is 4.15. The second kappa shape index (κ2) is 5.84. The van der Waals surface area contributed by atoms with E-state index in [1.807, 2.05) is 6.07 Å². The third-order valence-corrected chi connectivity index (χ3v) is 2.80. The van der Waals surface area contributed by atoms with Crippen LogP contribution in [0.2, 0.25) is 0 Å². The van der Waals surface area contributed by atoms with Crippen molar-refractivity contribution in [3.05, 3.63) is 47.4 Å². The molecule has 0 radical (unpaired) electrons. The molecule has 0 aliphatic heterocycles. The minimum absolute atomic E-state index is 0.695. The summed E-state index contributed by atoms with van der Waals surface area (Å²) in [6, 6.07) is 10.4. The lowest BCUT2D eigenvalue weighted by Crippen LogP contribution is -1.98. The lowest BCUT2D eigenvalue weighted by Gasteiger charge is -2.03. The average molecular weight is 193 g/mol. The Morgan fingerprint density at radius 3 is 2.62 bits per heavy atom. The fourth-order valence-corrected chi connectivity index (χ4v) is 1.82. The van der Waals surface area contributed by atoms with E-state index in [1.54, 1.807) is 11.8 Å². The van der Waals surface area contributed by atoms with E-state index >= 15 is 0 Å². The van der Waals surface area contributed by atoms with Gasteiger partial charge in [0.15, 0.2) is 0 Å². The van der Waals surface area contributed by atoms with Gasteiger partial charge >= 0.3 is 0 Å². The number of nitrogens with two attached hydrogens (primary N) is 1. The summed E-state index contributed by atoms with van der Waals surface area (Å²) in [6.07, 6.45) is 0.914. The van der Waals surface area contributed by atoms with E-state index in [0.29, 0.717) is 6.54 Å². The van der Waals surface area contributed by atoms with Crippen molar-refractivity contribution < 1.29 is 0 Å². The Morgan fingerprint density at radius 1 is 1.31 bits per heavy atom. The molecule has 70 valence electrons. The molecular formula is C11H15NS. The molecule has 0 spiro atoms. The standard InChI is InChI=1S/C11H15NS/c1-10(7-8-12)13-9-11-5-3-2-4-6-11/h2-6H,1,7-9,12H2. The summed E-state index contributed by atoms with van der Waals surface area (Å²) in [6.45, 7) is 4.64. The van der Waals surface area contributed by atoms with Gasteiger partial charge < -0.3 is 5.73 Å². The van der Waals surface area contributed by atoms with Crippen LogP contribution in [0.5, 0.6) is 0 Å². The third-order valence-electron chi connectivity index (χ3n) is 1.71. The normalized spacial score (nSPS) is 9.92. The van der Waals surface area contributed by atoms with Crippen LogP contribution in [-0.4, -0.2) is 6.54 Å². The first-order valence-electron chi connectivity index (χ1n) is 4.37. The Bertz CT molecular complexity index is 256. The summed E-state index contributed by atoms with van der Waals surface area (Å²) in [5, 5.41) is 0. The van der Waals surface area contributed by atoms with Gasteiger partial charge in [0.2, 0.25) is 0 Å². The number of thioether (sulfide) groups is 1. The Labute approximate surface area is 84.0 Å². The zero-order valence-corrected chi connectivity index (χ0v) is 8.52. The summed E-state index contributed by atoms with van der Waals surface area (Å²) in [7, 11) is 0. The van der Waals surface area contributed by atoms with Gasteiger partial charge in [-0.15, -0.1) is 11.8 Å². The molecule has 1 aromatic rings. The zero-order valence-electron chi connectivity index (χ0n) is 7.70. The summed E-state index contributed by atoms with van der Waals surface area (Å²) < 4.78 is 0. The molecule has 0 amide bonds. The SMILES string of the molecule is C=C(CCN)SCc1ccccc1. The highest BCUT2D eigenvalue weighted by Crippen LogP contribution is 2.21. The molecular weight excluding hydrogens is 178 g/mol. The Hall–Kier alpha value is -0.730. The van der Waals surface area contributed by atoms with Crippen LogP contribution in [-0.2, 0) is 5.75 Å². The molecule has 0 heterocycles. The van der Waals surface area contributed by atoms with E-state index in [4.69, 9.17) is 5.73 Å². The largest absolute Gasteiger partial charge is 0.330 e. The van der Waals surface area contributed by atoms with E-state index < -0.39 is 0 Å². The van der Waals surface area contributed by atoms with E-state index in [-0.39, 0.29) is 0 Å². The average Bonchev–Trinajstić information content (AvgIpc) is 2.17. The van der Waals surface area contributed by atoms with E-state index in [1.165, 1.54) is 10.5 Å². The van der Waals surface area contributed by atoms with E-state index in [2.05, 4.69) is 30.8 Å². The number of rotatable bonds is 5. The molecule has 1 rings (SSSR count). The van der Waals surface area contributed by atoms with Gasteiger partial charge in [-0.3, -0.25) is 0 Å². The van der Waals surface area contributed by atoms with Crippen LogP contribution in [0.15, 0.2) is 41.8 Å². The van der Waals surface area contributed by atoms with Crippen molar-refractivity contribution in [1.29, 1.82) is 0 Å². The van der Waals surface area contributed by atoms with Gasteiger partial charge in [0.25, 0.3) is 0 Å². The van der Waals surface area contributed by atoms with Crippen molar-refractivity contribution in [1.82, 2.24) is 0 Å². The second-order valence-corrected chi connectivity index (χ2v) is 4.01. The van der Waals surface area contributed by atoms with Gasteiger partial charge in [-0.05, 0) is 23.4 Å². The summed E-state index contributed by atoms with van der Waals surface area (Å²) in [5.41, 5.74) is 6.76. The maximum atomic E-state index is 5.42. The molecule has 0 saturated carbocycles. The van der Waals surface area contributed by atoms with Gasteiger partial charge in [-0.2, -0.15) is 0 Å². The van der Waals surface area contributed by atoms with Crippen molar-refractivity contribution >= 4 is 11.8 Å². The molecule has 0 unspecified atom stereocenters. The minimum Gasteiger partial charge on any atom is -0.330 e. The first-order chi connectivity index (χ1) is 6.33. The van der Waals surface area contributed by atoms with Crippen LogP contribution in [0.1, 0.15) is 12.0 Å². The smallest absolute Gasteiger partial charge is 0.0228 e. The van der Waals surface area contributed by atoms with Gasteiger partial charge in [-0.1, -0.05) is 36.9 Å². The van der Waals surface area contributed by atoms with Crippen molar-refractivity contribution in [2.24, 2.45) is 5.73 Å². The van der Waals surface area contributed by atoms with Crippen LogP contribution in [0.4, 0.5) is 0 Å². The van der Waals surface area contributed by atoms with Gasteiger partial charge in [0, 0.05) is 5.75 Å². The van der Waals surface area contributed by atoms with Gasteiger partial charge in [-0.25, -0.2) is 0 Å². The highest BCUT2D eigenvalue weighted by atomic mass is 32.2. The lowest BCUT2D eigenvalue weighted by atomic mass is 10.2. The highest BCUT2D eigenvalue weighted by Gasteiger charge is 1.95. The molecule has 0 aliphatic carbocycles. The molecule has 0 atom stereocenters. The van der Waals surface area contributed by atoms with Gasteiger partial charge in [0.1, 0.15) is 0 Å². The maximum absolute atomic E-state index is 5.42. The lowest BCUT2D eigenvalue weighted by molar-refractivity contribution is 0.998. The molecule has 2 N–H and O–H groups in total. The Kier molecular flexibility index (Phi) is 4.65. The molecule has 0 fully saturated rings. The molecule has 0 bridgehead atoms. The highest BCUT2D eigenvalue weighted by molar-refractivity contribution is 8.02. The predicted octanol–water partition coefficient (Wildman–Crippen LogP) is 2.78. The summed E-state index contributed by atoms with van der Waals surface area (Å²) in [4.78, 5) is 1.17. The van der Waals surface area contributed by atoms with Crippen LogP contribution >= 0.6 is 11.8 Å². The molecule has 0 aromatic heterocycles. The fraction of sp³-hybridized carbons (Fsp3) is 0.273. The molecule has 1 nitrogen and oxygen atoms in total. The van der Waals surface area contributed by atoms with Crippen molar-refractivity contribution in [2.45, 2.75) is 12.2 Å². The maximum Gasteiger partial charge on any atom is 0.0228 e. The van der Waals surface area contributed by atoms with Crippen molar-refractivity contribution in [2.75, 3.05) is 6.54 Å². The summed E-state index contributed by atoms with van der Waals surface area (Å²) >= 11 is 1.78. The predicted molar refractivity (Wildman–Crippen MR) is 60.5 cm³/mol. The second-order valence-electron chi connectivity index (χ2n) is 2.85. The Morgan fingerprint density at radius 2 is 2.00 bits per heavy atom. The molecule has 13 heavy (non-hydrogen) atoms. The minimum atomic E-state index is 0.695. The molecule has 0 aliphatic rings. The number of benzene rings is 1. The van der Waals surface area contributed by atoms with E-state index in [9.17, 15) is 0 Å². The van der Waals surface area contributed by atoms with E-state index in [0.717, 1.165) is 12.2 Å². The number of hydrogen-bond donors (Lipinski definition) is 1. The fourth-order valence-electron chi connectivity index (χ4n) is 0.993. The van der Waals surface area contributed by atoms with Gasteiger partial charge in [0.05, 0.1) is 0 Å². The summed E-state index contributed by atoms with van der Waals surface area (Å²) in [5.74, 6) is 1.000. The van der Waals surface area contributed by atoms with Crippen LogP contribution in [0, 0.1) is 0 Å². The molecule has 2 heteroatoms. The van der Waals surface area contributed by atoms with Crippen LogP contribution < -0.4 is 5.73 Å². The molecule has 1 aromatic carbocycles. The quantitative estimate of drug-likeness (QED) is 0.778. The Balaban J connectivity index is 2.31. The zero-order chi connectivity index (χ0) is 9.52.